The SMILES string of the molecule is CC(=O)Oc1cccc(C(=O)Nc2cccc(CNC(=O)c3ccc4c(c3)C(=O)N(CC(C)C)C4=O)c2)c1. The number of benzene rings is 3. The van der Waals surface area contributed by atoms with Crippen molar-refractivity contribution in [1.29, 1.82) is 0 Å². The van der Waals surface area contributed by atoms with E-state index in [0.29, 0.717) is 23.4 Å². The second-order valence-electron chi connectivity index (χ2n) is 9.33. The Morgan fingerprint density at radius 2 is 1.55 bits per heavy atom. The Morgan fingerprint density at radius 1 is 0.842 bits per heavy atom. The lowest BCUT2D eigenvalue weighted by Gasteiger charge is -2.15. The highest BCUT2D eigenvalue weighted by Crippen LogP contribution is 2.25. The van der Waals surface area contributed by atoms with Crippen molar-refractivity contribution in [2.75, 3.05) is 11.9 Å². The van der Waals surface area contributed by atoms with Crippen molar-refractivity contribution >= 4 is 35.3 Å². The van der Waals surface area contributed by atoms with E-state index in [2.05, 4.69) is 10.6 Å². The molecule has 4 amide bonds. The topological polar surface area (TPSA) is 122 Å². The van der Waals surface area contributed by atoms with Gasteiger partial charge in [0.05, 0.1) is 11.1 Å². The van der Waals surface area contributed by atoms with E-state index >= 15 is 0 Å². The number of amides is 4. The number of fused-ring (bicyclic) bond motifs is 1. The minimum absolute atomic E-state index is 0.131. The molecule has 38 heavy (non-hydrogen) atoms. The number of hydrogen-bond acceptors (Lipinski definition) is 6. The molecule has 0 fully saturated rings. The van der Waals surface area contributed by atoms with Crippen LogP contribution in [0.15, 0.2) is 66.7 Å². The van der Waals surface area contributed by atoms with Crippen LogP contribution in [0.3, 0.4) is 0 Å². The number of imide groups is 1. The molecular formula is C29H27N3O6. The first-order valence-electron chi connectivity index (χ1n) is 12.1. The number of rotatable bonds is 8. The molecule has 0 atom stereocenters. The summed E-state index contributed by atoms with van der Waals surface area (Å²) in [7, 11) is 0. The zero-order chi connectivity index (χ0) is 27.4. The fraction of sp³-hybridized carbons (Fsp3) is 0.207. The van der Waals surface area contributed by atoms with Crippen molar-refractivity contribution in [3.63, 3.8) is 0 Å². The van der Waals surface area contributed by atoms with Gasteiger partial charge in [0.15, 0.2) is 0 Å². The van der Waals surface area contributed by atoms with Crippen molar-refractivity contribution in [2.24, 2.45) is 5.92 Å². The minimum Gasteiger partial charge on any atom is -0.427 e. The summed E-state index contributed by atoms with van der Waals surface area (Å²) in [5, 5.41) is 5.59. The molecule has 1 aliphatic rings. The molecule has 0 bridgehead atoms. The molecule has 9 nitrogen and oxygen atoms in total. The first-order chi connectivity index (χ1) is 18.1. The first-order valence-corrected chi connectivity index (χ1v) is 12.1. The van der Waals surface area contributed by atoms with E-state index in [-0.39, 0.29) is 41.2 Å². The molecule has 0 saturated heterocycles. The van der Waals surface area contributed by atoms with Gasteiger partial charge in [-0.05, 0) is 60.0 Å². The number of anilines is 1. The normalized spacial score (nSPS) is 12.4. The molecular weight excluding hydrogens is 486 g/mol. The lowest BCUT2D eigenvalue weighted by molar-refractivity contribution is -0.131. The third-order valence-electron chi connectivity index (χ3n) is 5.78. The molecule has 1 aliphatic heterocycles. The Morgan fingerprint density at radius 3 is 2.29 bits per heavy atom. The fourth-order valence-corrected chi connectivity index (χ4v) is 4.08. The summed E-state index contributed by atoms with van der Waals surface area (Å²) in [5.74, 6) is -1.60. The quantitative estimate of drug-likeness (QED) is 0.266. The summed E-state index contributed by atoms with van der Waals surface area (Å²) in [6, 6.07) is 17.7. The van der Waals surface area contributed by atoms with Crippen LogP contribution in [-0.4, -0.2) is 41.0 Å². The molecule has 2 N–H and O–H groups in total. The van der Waals surface area contributed by atoms with Gasteiger partial charge in [-0.25, -0.2) is 0 Å². The molecule has 9 heteroatoms. The first kappa shape index (κ1) is 26.3. The lowest BCUT2D eigenvalue weighted by Crippen LogP contribution is -2.33. The van der Waals surface area contributed by atoms with E-state index in [9.17, 15) is 24.0 Å². The number of carbonyl (C=O) groups excluding carboxylic acids is 5. The van der Waals surface area contributed by atoms with Gasteiger partial charge in [-0.2, -0.15) is 0 Å². The molecule has 0 saturated carbocycles. The maximum atomic E-state index is 12.8. The van der Waals surface area contributed by atoms with Crippen LogP contribution >= 0.6 is 0 Å². The number of ether oxygens (including phenoxy) is 1. The van der Waals surface area contributed by atoms with Gasteiger partial charge in [-0.1, -0.05) is 32.0 Å². The van der Waals surface area contributed by atoms with Gasteiger partial charge >= 0.3 is 5.97 Å². The lowest BCUT2D eigenvalue weighted by atomic mass is 10.1. The number of nitrogens with zero attached hydrogens (tertiary/aromatic N) is 1. The van der Waals surface area contributed by atoms with E-state index in [4.69, 9.17) is 4.74 Å². The largest absolute Gasteiger partial charge is 0.427 e. The summed E-state index contributed by atoms with van der Waals surface area (Å²) in [6.07, 6.45) is 0. The van der Waals surface area contributed by atoms with E-state index in [1.165, 1.54) is 36.1 Å². The van der Waals surface area contributed by atoms with Gasteiger partial charge in [-0.3, -0.25) is 28.9 Å². The molecule has 3 aromatic rings. The van der Waals surface area contributed by atoms with E-state index < -0.39 is 17.8 Å². The van der Waals surface area contributed by atoms with Crippen LogP contribution < -0.4 is 15.4 Å². The molecule has 194 valence electrons. The smallest absolute Gasteiger partial charge is 0.308 e. The predicted molar refractivity (Wildman–Crippen MR) is 140 cm³/mol. The maximum absolute atomic E-state index is 12.8. The summed E-state index contributed by atoms with van der Waals surface area (Å²) in [5.41, 5.74) is 2.37. The fourth-order valence-electron chi connectivity index (χ4n) is 4.08. The van der Waals surface area contributed by atoms with Gasteiger partial charge in [0.25, 0.3) is 23.6 Å². The number of esters is 1. The second-order valence-corrected chi connectivity index (χ2v) is 9.33. The van der Waals surface area contributed by atoms with Gasteiger partial charge in [-0.15, -0.1) is 0 Å². The van der Waals surface area contributed by atoms with Crippen LogP contribution in [0.2, 0.25) is 0 Å². The van der Waals surface area contributed by atoms with Crippen LogP contribution in [0.1, 0.15) is 67.8 Å². The Hall–Kier alpha value is -4.79. The monoisotopic (exact) mass is 513 g/mol. The molecule has 4 rings (SSSR count). The summed E-state index contributed by atoms with van der Waals surface area (Å²) in [6.45, 7) is 5.62. The Balaban J connectivity index is 1.39. The highest BCUT2D eigenvalue weighted by atomic mass is 16.5. The van der Waals surface area contributed by atoms with E-state index in [1.807, 2.05) is 13.8 Å². The maximum Gasteiger partial charge on any atom is 0.308 e. The molecule has 1 heterocycles. The Labute approximate surface area is 219 Å². The van der Waals surface area contributed by atoms with Crippen molar-refractivity contribution in [2.45, 2.75) is 27.3 Å². The minimum atomic E-state index is -0.481. The molecule has 3 aromatic carbocycles. The van der Waals surface area contributed by atoms with Crippen molar-refractivity contribution in [3.8, 4) is 5.75 Å². The van der Waals surface area contributed by atoms with Crippen molar-refractivity contribution in [3.05, 3.63) is 94.5 Å². The van der Waals surface area contributed by atoms with Crippen LogP contribution in [0.5, 0.6) is 5.75 Å². The van der Waals surface area contributed by atoms with Crippen molar-refractivity contribution < 1.29 is 28.7 Å². The van der Waals surface area contributed by atoms with Crippen LogP contribution in [0.4, 0.5) is 5.69 Å². The average Bonchev–Trinajstić information content (AvgIpc) is 3.11. The zero-order valence-corrected chi connectivity index (χ0v) is 21.2. The molecule has 0 spiro atoms. The summed E-state index contributed by atoms with van der Waals surface area (Å²) in [4.78, 5) is 63.1. The van der Waals surface area contributed by atoms with Crippen LogP contribution in [-0.2, 0) is 11.3 Å². The summed E-state index contributed by atoms with van der Waals surface area (Å²) < 4.78 is 5.02. The summed E-state index contributed by atoms with van der Waals surface area (Å²) >= 11 is 0. The van der Waals surface area contributed by atoms with Gasteiger partial charge in [0.2, 0.25) is 0 Å². The zero-order valence-electron chi connectivity index (χ0n) is 21.2. The van der Waals surface area contributed by atoms with Crippen LogP contribution in [0, 0.1) is 5.92 Å². The van der Waals surface area contributed by atoms with Crippen molar-refractivity contribution in [1.82, 2.24) is 10.2 Å². The van der Waals surface area contributed by atoms with Crippen LogP contribution in [0.25, 0.3) is 0 Å². The molecule has 0 unspecified atom stereocenters. The average molecular weight is 514 g/mol. The molecule has 0 aliphatic carbocycles. The number of nitrogens with one attached hydrogen (secondary N) is 2. The highest BCUT2D eigenvalue weighted by molar-refractivity contribution is 6.22. The number of carbonyl (C=O) groups is 5. The third-order valence-corrected chi connectivity index (χ3v) is 5.78. The molecule has 0 aromatic heterocycles. The molecule has 0 radical (unpaired) electrons. The van der Waals surface area contributed by atoms with Gasteiger partial charge in [0, 0.05) is 36.8 Å². The Kier molecular flexibility index (Phi) is 7.66. The Bertz CT molecular complexity index is 1450. The third kappa shape index (κ3) is 5.95. The highest BCUT2D eigenvalue weighted by Gasteiger charge is 2.36. The van der Waals surface area contributed by atoms with Gasteiger partial charge in [0.1, 0.15) is 5.75 Å². The van der Waals surface area contributed by atoms with E-state index in [1.54, 1.807) is 42.5 Å². The van der Waals surface area contributed by atoms with E-state index in [0.717, 1.165) is 5.56 Å². The predicted octanol–water partition coefficient (Wildman–Crippen LogP) is 4.05. The number of hydrogen-bond donors (Lipinski definition) is 2. The van der Waals surface area contributed by atoms with Gasteiger partial charge < -0.3 is 15.4 Å². The second kappa shape index (κ2) is 11.1. The standard InChI is InChI=1S/C29H27N3O6/c1-17(2)16-32-28(36)24-11-10-21(14-25(24)29(32)37)26(34)30-15-19-6-4-8-22(12-19)31-27(35)20-7-5-9-23(13-20)38-18(3)33/h4-14,17H,15-16H2,1-3H3,(H,30,34)(H,31,35).